The molecular weight excluding hydrogens is 168 g/mol. The zero-order valence-corrected chi connectivity index (χ0v) is 10.8. The van der Waals surface area contributed by atoms with Gasteiger partial charge in [0.25, 0.3) is 0 Å². The maximum Gasteiger partial charge on any atom is -0.0329 e. The number of rotatable bonds is 6. The van der Waals surface area contributed by atoms with Crippen LogP contribution in [0.15, 0.2) is 0 Å². The summed E-state index contributed by atoms with van der Waals surface area (Å²) >= 11 is 0. The van der Waals surface area contributed by atoms with Gasteiger partial charge in [-0.1, -0.05) is 66.7 Å². The Morgan fingerprint density at radius 3 is 1.50 bits per heavy atom. The zero-order valence-electron chi connectivity index (χ0n) is 10.8. The average molecular weight is 196 g/mol. The van der Waals surface area contributed by atoms with Gasteiger partial charge >= 0.3 is 0 Å². The SMILES string of the molecule is C#C.CCCC(CCC)C(C)(C)CC. The van der Waals surface area contributed by atoms with E-state index in [1.165, 1.54) is 32.1 Å². The lowest BCUT2D eigenvalue weighted by molar-refractivity contribution is 0.177. The van der Waals surface area contributed by atoms with E-state index in [0.717, 1.165) is 5.92 Å². The highest BCUT2D eigenvalue weighted by molar-refractivity contribution is 4.76. The summed E-state index contributed by atoms with van der Waals surface area (Å²) in [5.74, 6) is 0.942. The van der Waals surface area contributed by atoms with Gasteiger partial charge in [-0.15, -0.1) is 12.8 Å². The predicted octanol–water partition coefficient (Wildman–Crippen LogP) is 4.89. The van der Waals surface area contributed by atoms with E-state index in [0.29, 0.717) is 5.41 Å². The standard InChI is InChI=1S/C12H26.C2H2/c1-6-9-11(10-7-2)12(4,5)8-3;1-2/h11H,6-10H2,1-5H3;1-2H. The van der Waals surface area contributed by atoms with Gasteiger partial charge in [0.05, 0.1) is 0 Å². The molecule has 0 unspecified atom stereocenters. The molecule has 0 aromatic heterocycles. The Morgan fingerprint density at radius 1 is 0.929 bits per heavy atom. The molecule has 0 bridgehead atoms. The molecule has 14 heavy (non-hydrogen) atoms. The first-order valence-corrected chi connectivity index (χ1v) is 5.91. The van der Waals surface area contributed by atoms with E-state index >= 15 is 0 Å². The summed E-state index contributed by atoms with van der Waals surface area (Å²) in [5, 5.41) is 0. The Balaban J connectivity index is 0. The Bertz CT molecular complexity index is 124. The van der Waals surface area contributed by atoms with Gasteiger partial charge in [-0.2, -0.15) is 0 Å². The lowest BCUT2D eigenvalue weighted by Gasteiger charge is -2.33. The molecule has 0 saturated carbocycles. The summed E-state index contributed by atoms with van der Waals surface area (Å²) in [7, 11) is 0. The summed E-state index contributed by atoms with van der Waals surface area (Å²) in [6, 6.07) is 0. The van der Waals surface area contributed by atoms with Crippen LogP contribution < -0.4 is 0 Å². The first-order valence-electron chi connectivity index (χ1n) is 5.91. The van der Waals surface area contributed by atoms with Gasteiger partial charge in [0.1, 0.15) is 0 Å². The van der Waals surface area contributed by atoms with Crippen LogP contribution in [0, 0.1) is 24.2 Å². The molecule has 0 aliphatic heterocycles. The van der Waals surface area contributed by atoms with Crippen LogP contribution >= 0.6 is 0 Å². The molecule has 0 radical (unpaired) electrons. The third-order valence-corrected chi connectivity index (χ3v) is 3.29. The predicted molar refractivity (Wildman–Crippen MR) is 67.3 cm³/mol. The fraction of sp³-hybridized carbons (Fsp3) is 0.857. The molecule has 0 saturated heterocycles. The quantitative estimate of drug-likeness (QED) is 0.531. The van der Waals surface area contributed by atoms with Crippen molar-refractivity contribution < 1.29 is 0 Å². The molecule has 0 rings (SSSR count). The molecule has 0 aromatic rings. The fourth-order valence-electron chi connectivity index (χ4n) is 1.91. The molecule has 0 spiro atoms. The second kappa shape index (κ2) is 9.13. The third kappa shape index (κ3) is 6.08. The molecule has 0 nitrogen and oxygen atoms in total. The Morgan fingerprint density at radius 2 is 1.29 bits per heavy atom. The smallest absolute Gasteiger partial charge is 0.0329 e. The van der Waals surface area contributed by atoms with E-state index in [9.17, 15) is 0 Å². The molecule has 0 heteroatoms. The van der Waals surface area contributed by atoms with Crippen molar-refractivity contribution in [2.75, 3.05) is 0 Å². The van der Waals surface area contributed by atoms with Crippen LogP contribution in [-0.4, -0.2) is 0 Å². The minimum absolute atomic E-state index is 0.562. The van der Waals surface area contributed by atoms with Crippen LogP contribution in [0.3, 0.4) is 0 Å². The lowest BCUT2D eigenvalue weighted by atomic mass is 9.72. The highest BCUT2D eigenvalue weighted by atomic mass is 14.3. The summed E-state index contributed by atoms with van der Waals surface area (Å²) in [4.78, 5) is 0. The van der Waals surface area contributed by atoms with E-state index < -0.39 is 0 Å². The van der Waals surface area contributed by atoms with Crippen molar-refractivity contribution in [3.05, 3.63) is 0 Å². The van der Waals surface area contributed by atoms with Crippen LogP contribution in [0.5, 0.6) is 0 Å². The van der Waals surface area contributed by atoms with Gasteiger partial charge < -0.3 is 0 Å². The molecular formula is C14H28. The van der Waals surface area contributed by atoms with Crippen LogP contribution in [0.1, 0.15) is 66.7 Å². The molecule has 0 atom stereocenters. The highest BCUT2D eigenvalue weighted by Crippen LogP contribution is 2.36. The topological polar surface area (TPSA) is 0 Å². The van der Waals surface area contributed by atoms with Crippen molar-refractivity contribution in [3.63, 3.8) is 0 Å². The zero-order chi connectivity index (χ0) is 11.6. The molecule has 0 amide bonds. The number of hydrogen-bond donors (Lipinski definition) is 0. The van der Waals surface area contributed by atoms with Crippen molar-refractivity contribution in [1.29, 1.82) is 0 Å². The lowest BCUT2D eigenvalue weighted by Crippen LogP contribution is -2.23. The van der Waals surface area contributed by atoms with Crippen LogP contribution in [0.4, 0.5) is 0 Å². The first-order chi connectivity index (χ1) is 6.58. The summed E-state index contributed by atoms with van der Waals surface area (Å²) in [6.07, 6.45) is 14.8. The monoisotopic (exact) mass is 196 g/mol. The number of hydrogen-bond acceptors (Lipinski definition) is 0. The fourth-order valence-corrected chi connectivity index (χ4v) is 1.91. The second-order valence-electron chi connectivity index (χ2n) is 4.62. The molecule has 0 aliphatic rings. The second-order valence-corrected chi connectivity index (χ2v) is 4.62. The summed E-state index contributed by atoms with van der Waals surface area (Å²) < 4.78 is 0. The normalized spacial score (nSPS) is 10.9. The van der Waals surface area contributed by atoms with Crippen LogP contribution in [-0.2, 0) is 0 Å². The van der Waals surface area contributed by atoms with E-state index in [4.69, 9.17) is 0 Å². The van der Waals surface area contributed by atoms with Crippen molar-refractivity contribution in [3.8, 4) is 12.8 Å². The van der Waals surface area contributed by atoms with Gasteiger partial charge in [-0.3, -0.25) is 0 Å². The van der Waals surface area contributed by atoms with E-state index in [1.807, 2.05) is 0 Å². The van der Waals surface area contributed by atoms with Gasteiger partial charge in [-0.05, 0) is 11.3 Å². The molecule has 0 heterocycles. The van der Waals surface area contributed by atoms with Gasteiger partial charge in [0.2, 0.25) is 0 Å². The summed E-state index contributed by atoms with van der Waals surface area (Å²) in [5.41, 5.74) is 0.562. The van der Waals surface area contributed by atoms with Crippen molar-refractivity contribution in [1.82, 2.24) is 0 Å². The summed E-state index contributed by atoms with van der Waals surface area (Å²) in [6.45, 7) is 11.8. The largest absolute Gasteiger partial charge is 0.124 e. The Kier molecular flexibility index (Phi) is 10.4. The minimum Gasteiger partial charge on any atom is -0.124 e. The third-order valence-electron chi connectivity index (χ3n) is 3.29. The van der Waals surface area contributed by atoms with Crippen LogP contribution in [0.25, 0.3) is 0 Å². The minimum atomic E-state index is 0.562. The van der Waals surface area contributed by atoms with Gasteiger partial charge in [0, 0.05) is 0 Å². The first kappa shape index (κ1) is 16.0. The number of terminal acetylenes is 1. The molecule has 84 valence electrons. The van der Waals surface area contributed by atoms with Crippen molar-refractivity contribution >= 4 is 0 Å². The van der Waals surface area contributed by atoms with Crippen LogP contribution in [0.2, 0.25) is 0 Å². The van der Waals surface area contributed by atoms with E-state index in [1.54, 1.807) is 0 Å². The van der Waals surface area contributed by atoms with E-state index in [-0.39, 0.29) is 0 Å². The van der Waals surface area contributed by atoms with Crippen molar-refractivity contribution in [2.45, 2.75) is 66.7 Å². The maximum atomic E-state index is 4.00. The molecule has 0 fully saturated rings. The molecule has 0 N–H and O–H groups in total. The highest BCUT2D eigenvalue weighted by Gasteiger charge is 2.25. The van der Waals surface area contributed by atoms with Gasteiger partial charge in [-0.25, -0.2) is 0 Å². The van der Waals surface area contributed by atoms with Crippen molar-refractivity contribution in [2.24, 2.45) is 11.3 Å². The van der Waals surface area contributed by atoms with Gasteiger partial charge in [0.15, 0.2) is 0 Å². The average Bonchev–Trinajstić information content (AvgIpc) is 2.20. The Labute approximate surface area is 91.5 Å². The Hall–Kier alpha value is -0.440. The molecule has 0 aliphatic carbocycles. The van der Waals surface area contributed by atoms with E-state index in [2.05, 4.69) is 47.5 Å². The molecule has 0 aromatic carbocycles. The maximum absolute atomic E-state index is 4.00.